The molecule has 0 saturated carbocycles. The largest absolute Gasteiger partial charge is 0.492 e. The minimum atomic E-state index is -0.160. The molecule has 1 fully saturated rings. The summed E-state index contributed by atoms with van der Waals surface area (Å²) in [5.41, 5.74) is 2.69. The molecule has 0 bridgehead atoms. The van der Waals surface area contributed by atoms with E-state index in [-0.39, 0.29) is 17.2 Å². The van der Waals surface area contributed by atoms with Crippen molar-refractivity contribution >= 4 is 35.2 Å². The van der Waals surface area contributed by atoms with Gasteiger partial charge in [0.2, 0.25) is 5.91 Å². The molecule has 32 heavy (non-hydrogen) atoms. The molecule has 1 atom stereocenters. The third-order valence-corrected chi connectivity index (χ3v) is 6.60. The fourth-order valence-electron chi connectivity index (χ4n) is 3.45. The van der Waals surface area contributed by atoms with Gasteiger partial charge in [-0.15, -0.1) is 11.8 Å². The molecule has 4 rings (SSSR count). The van der Waals surface area contributed by atoms with Crippen LogP contribution in [0.25, 0.3) is 0 Å². The number of ether oxygens (including phenoxy) is 1. The maximum Gasteiger partial charge on any atom is 0.251 e. The van der Waals surface area contributed by atoms with Crippen molar-refractivity contribution in [3.63, 3.8) is 0 Å². The molecule has 0 unspecified atom stereocenters. The van der Waals surface area contributed by atoms with Gasteiger partial charge < -0.3 is 15.0 Å². The number of nitrogens with one attached hydrogen (secondary N) is 1. The van der Waals surface area contributed by atoms with Crippen LogP contribution in [0.15, 0.2) is 78.9 Å². The highest BCUT2D eigenvalue weighted by Gasteiger charge is 2.32. The van der Waals surface area contributed by atoms with Gasteiger partial charge in [-0.3, -0.25) is 9.59 Å². The molecule has 0 aliphatic carbocycles. The van der Waals surface area contributed by atoms with Crippen molar-refractivity contribution in [3.8, 4) is 5.75 Å². The van der Waals surface area contributed by atoms with E-state index in [0.29, 0.717) is 41.8 Å². The van der Waals surface area contributed by atoms with Crippen molar-refractivity contribution in [3.05, 3.63) is 101 Å². The zero-order valence-electron chi connectivity index (χ0n) is 17.4. The zero-order chi connectivity index (χ0) is 22.3. The lowest BCUT2D eigenvalue weighted by molar-refractivity contribution is -0.128. The van der Waals surface area contributed by atoms with Gasteiger partial charge in [-0.2, -0.15) is 0 Å². The normalized spacial score (nSPS) is 15.6. The molecule has 164 valence electrons. The van der Waals surface area contributed by atoms with Crippen LogP contribution in [-0.4, -0.2) is 35.6 Å². The number of thioether (sulfide) groups is 1. The zero-order valence-corrected chi connectivity index (χ0v) is 18.9. The first-order chi connectivity index (χ1) is 15.6. The monoisotopic (exact) mass is 466 g/mol. The van der Waals surface area contributed by atoms with E-state index in [1.54, 1.807) is 48.2 Å². The Hall–Kier alpha value is -2.96. The summed E-state index contributed by atoms with van der Waals surface area (Å²) in [5.74, 6) is 1.14. The maximum absolute atomic E-state index is 12.4. The van der Waals surface area contributed by atoms with Crippen LogP contribution in [0.3, 0.4) is 0 Å². The standard InChI is InChI=1S/C25H23ClN2O3S/c26-21-10-12-22(13-11-21)31-15-14-27-24(30)19-6-8-20(9-7-19)25-28(23(29)17-32-25)16-18-4-2-1-3-5-18/h1-13,25H,14-17H2,(H,27,30)/t25-/m0/s1. The van der Waals surface area contributed by atoms with Crippen molar-refractivity contribution in [2.75, 3.05) is 18.9 Å². The number of benzene rings is 3. The van der Waals surface area contributed by atoms with Crippen LogP contribution < -0.4 is 10.1 Å². The average Bonchev–Trinajstić information content (AvgIpc) is 3.18. The van der Waals surface area contributed by atoms with Gasteiger partial charge in [0, 0.05) is 17.1 Å². The van der Waals surface area contributed by atoms with Crippen LogP contribution in [-0.2, 0) is 11.3 Å². The highest BCUT2D eigenvalue weighted by molar-refractivity contribution is 8.00. The van der Waals surface area contributed by atoms with Crippen LogP contribution in [0, 0.1) is 0 Å². The molecule has 3 aromatic carbocycles. The van der Waals surface area contributed by atoms with Crippen molar-refractivity contribution in [1.29, 1.82) is 0 Å². The SMILES string of the molecule is O=C(NCCOc1ccc(Cl)cc1)c1ccc([C@@H]2SCC(=O)N2Cc2ccccc2)cc1. The summed E-state index contributed by atoms with van der Waals surface area (Å²) in [7, 11) is 0. The second-order valence-electron chi connectivity index (χ2n) is 7.35. The van der Waals surface area contributed by atoms with Crippen molar-refractivity contribution in [2.24, 2.45) is 0 Å². The van der Waals surface area contributed by atoms with E-state index in [1.807, 2.05) is 47.4 Å². The highest BCUT2D eigenvalue weighted by atomic mass is 35.5. The van der Waals surface area contributed by atoms with E-state index in [1.165, 1.54) is 0 Å². The summed E-state index contributed by atoms with van der Waals surface area (Å²) in [5, 5.41) is 3.46. The van der Waals surface area contributed by atoms with Gasteiger partial charge in [0.15, 0.2) is 0 Å². The lowest BCUT2D eigenvalue weighted by atomic mass is 10.1. The van der Waals surface area contributed by atoms with E-state index >= 15 is 0 Å². The maximum atomic E-state index is 12.4. The predicted octanol–water partition coefficient (Wildman–Crippen LogP) is 4.92. The number of hydrogen-bond donors (Lipinski definition) is 1. The van der Waals surface area contributed by atoms with Crippen molar-refractivity contribution in [1.82, 2.24) is 10.2 Å². The fourth-order valence-corrected chi connectivity index (χ4v) is 4.76. The van der Waals surface area contributed by atoms with Crippen LogP contribution in [0.2, 0.25) is 5.02 Å². The molecule has 1 aliphatic rings. The van der Waals surface area contributed by atoms with Gasteiger partial charge >= 0.3 is 0 Å². The second kappa shape index (κ2) is 10.6. The minimum absolute atomic E-state index is 0.0485. The lowest BCUT2D eigenvalue weighted by Gasteiger charge is -2.24. The average molecular weight is 467 g/mol. The van der Waals surface area contributed by atoms with Gasteiger partial charge in [-0.25, -0.2) is 0 Å². The van der Waals surface area contributed by atoms with Crippen LogP contribution in [0.4, 0.5) is 0 Å². The first-order valence-corrected chi connectivity index (χ1v) is 11.7. The topological polar surface area (TPSA) is 58.6 Å². The molecule has 7 heteroatoms. The molecule has 0 radical (unpaired) electrons. The number of halogens is 1. The summed E-state index contributed by atoms with van der Waals surface area (Å²) in [4.78, 5) is 26.8. The fraction of sp³-hybridized carbons (Fsp3) is 0.200. The Morgan fingerprint density at radius 3 is 2.47 bits per heavy atom. The Morgan fingerprint density at radius 2 is 1.75 bits per heavy atom. The van der Waals surface area contributed by atoms with Gasteiger partial charge in [0.05, 0.1) is 12.3 Å². The number of carbonyl (C=O) groups is 2. The molecule has 3 aromatic rings. The van der Waals surface area contributed by atoms with Gasteiger partial charge in [0.1, 0.15) is 17.7 Å². The first-order valence-electron chi connectivity index (χ1n) is 10.3. The van der Waals surface area contributed by atoms with Crippen LogP contribution in [0.1, 0.15) is 26.9 Å². The number of carbonyl (C=O) groups excluding carboxylic acids is 2. The number of nitrogens with zero attached hydrogens (tertiary/aromatic N) is 1. The van der Waals surface area contributed by atoms with Crippen molar-refractivity contribution in [2.45, 2.75) is 11.9 Å². The summed E-state index contributed by atoms with van der Waals surface area (Å²) in [6, 6.07) is 24.5. The Balaban J connectivity index is 1.31. The Labute approximate surface area is 196 Å². The number of rotatable bonds is 8. The third kappa shape index (κ3) is 5.64. The molecule has 0 aromatic heterocycles. The summed E-state index contributed by atoms with van der Waals surface area (Å²) < 4.78 is 5.59. The number of hydrogen-bond acceptors (Lipinski definition) is 4. The highest BCUT2D eigenvalue weighted by Crippen LogP contribution is 2.39. The molecule has 2 amide bonds. The van der Waals surface area contributed by atoms with E-state index in [9.17, 15) is 9.59 Å². The molecular weight excluding hydrogens is 444 g/mol. The first kappa shape index (κ1) is 22.2. The quantitative estimate of drug-likeness (QED) is 0.478. The molecule has 1 N–H and O–H groups in total. The molecular formula is C25H23ClN2O3S. The Bertz CT molecular complexity index is 1060. The predicted molar refractivity (Wildman–Crippen MR) is 128 cm³/mol. The van der Waals surface area contributed by atoms with Gasteiger partial charge in [0.25, 0.3) is 5.91 Å². The minimum Gasteiger partial charge on any atom is -0.492 e. The van der Waals surface area contributed by atoms with Crippen LogP contribution >= 0.6 is 23.4 Å². The van der Waals surface area contributed by atoms with E-state index in [2.05, 4.69) is 5.32 Å². The summed E-state index contributed by atoms with van der Waals surface area (Å²) >= 11 is 7.47. The Morgan fingerprint density at radius 1 is 1.03 bits per heavy atom. The molecule has 5 nitrogen and oxygen atoms in total. The van der Waals surface area contributed by atoms with Gasteiger partial charge in [-0.05, 0) is 47.5 Å². The summed E-state index contributed by atoms with van der Waals surface area (Å²) in [6.45, 7) is 1.33. The van der Waals surface area contributed by atoms with Crippen molar-refractivity contribution < 1.29 is 14.3 Å². The summed E-state index contributed by atoms with van der Waals surface area (Å²) in [6.07, 6.45) is 0. The number of amides is 2. The van der Waals surface area contributed by atoms with E-state index < -0.39 is 0 Å². The Kier molecular flexibility index (Phi) is 7.35. The molecule has 0 spiro atoms. The third-order valence-electron chi connectivity index (χ3n) is 5.09. The van der Waals surface area contributed by atoms with Crippen LogP contribution in [0.5, 0.6) is 5.75 Å². The van der Waals surface area contributed by atoms with E-state index in [0.717, 1.165) is 11.1 Å². The van der Waals surface area contributed by atoms with Gasteiger partial charge in [-0.1, -0.05) is 54.1 Å². The second-order valence-corrected chi connectivity index (χ2v) is 8.86. The smallest absolute Gasteiger partial charge is 0.251 e. The molecule has 1 heterocycles. The lowest BCUT2D eigenvalue weighted by Crippen LogP contribution is -2.28. The van der Waals surface area contributed by atoms with E-state index in [4.69, 9.17) is 16.3 Å². The molecule has 1 saturated heterocycles. The molecule has 1 aliphatic heterocycles.